The van der Waals surface area contributed by atoms with Crippen molar-refractivity contribution in [2.24, 2.45) is 11.8 Å². The van der Waals surface area contributed by atoms with Crippen molar-refractivity contribution in [3.05, 3.63) is 71.9 Å². The molecule has 4 heteroatoms. The van der Waals surface area contributed by atoms with Crippen molar-refractivity contribution in [1.82, 2.24) is 19.4 Å². The van der Waals surface area contributed by atoms with Gasteiger partial charge in [-0.1, -0.05) is 36.4 Å². The molecule has 2 aromatic heterocycles. The van der Waals surface area contributed by atoms with Crippen molar-refractivity contribution in [2.75, 3.05) is 13.1 Å². The third kappa shape index (κ3) is 2.84. The Morgan fingerprint density at radius 2 is 1.81 bits per heavy atom. The van der Waals surface area contributed by atoms with E-state index in [1.807, 2.05) is 0 Å². The normalized spacial score (nSPS) is 22.2. The van der Waals surface area contributed by atoms with Gasteiger partial charge in [-0.25, -0.2) is 4.98 Å². The van der Waals surface area contributed by atoms with Crippen molar-refractivity contribution in [2.45, 2.75) is 26.4 Å². The number of rotatable bonds is 3. The molecule has 0 N–H and O–H groups in total. The maximum Gasteiger partial charge on any atom is 0.109 e. The number of hydrogen-bond donors (Lipinski definition) is 0. The molecule has 132 valence electrons. The van der Waals surface area contributed by atoms with Gasteiger partial charge >= 0.3 is 0 Å². The molecule has 1 saturated heterocycles. The number of aryl methyl sites for hydroxylation is 1. The Hall–Kier alpha value is -2.46. The molecule has 0 unspecified atom stereocenters. The zero-order valence-electron chi connectivity index (χ0n) is 15.2. The number of benzene rings is 1. The highest BCUT2D eigenvalue weighted by Gasteiger charge is 2.37. The summed E-state index contributed by atoms with van der Waals surface area (Å²) in [5.74, 6) is 2.68. The van der Waals surface area contributed by atoms with Gasteiger partial charge in [0.15, 0.2) is 0 Å². The van der Waals surface area contributed by atoms with E-state index < -0.39 is 0 Å². The lowest BCUT2D eigenvalue weighted by Gasteiger charge is -2.27. The lowest BCUT2D eigenvalue weighted by atomic mass is 9.89. The summed E-state index contributed by atoms with van der Waals surface area (Å²) in [5.41, 5.74) is 4.82. The van der Waals surface area contributed by atoms with Crippen molar-refractivity contribution >= 4 is 0 Å². The number of hydrogen-bond acceptors (Lipinski definition) is 3. The smallest absolute Gasteiger partial charge is 0.109 e. The van der Waals surface area contributed by atoms with Crippen LogP contribution in [0.25, 0.3) is 11.3 Å². The quantitative estimate of drug-likeness (QED) is 0.728. The number of fused-ring (bicyclic) bond motifs is 2. The minimum absolute atomic E-state index is 0.712. The van der Waals surface area contributed by atoms with Gasteiger partial charge in [-0.05, 0) is 36.5 Å². The second kappa shape index (κ2) is 6.36. The Kier molecular flexibility index (Phi) is 3.86. The van der Waals surface area contributed by atoms with Crippen molar-refractivity contribution in [1.29, 1.82) is 0 Å². The highest BCUT2D eigenvalue weighted by Crippen LogP contribution is 2.35. The monoisotopic (exact) mass is 344 g/mol. The number of aromatic nitrogens is 3. The molecule has 4 nitrogen and oxygen atoms in total. The van der Waals surface area contributed by atoms with E-state index in [9.17, 15) is 0 Å². The first-order chi connectivity index (χ1) is 12.8. The molecule has 0 radical (unpaired) electrons. The highest BCUT2D eigenvalue weighted by molar-refractivity contribution is 5.59. The van der Waals surface area contributed by atoms with Crippen LogP contribution in [0.1, 0.15) is 17.2 Å². The summed E-state index contributed by atoms with van der Waals surface area (Å²) in [7, 11) is 0. The molecule has 3 aromatic rings. The number of imidazole rings is 1. The molecule has 1 fully saturated rings. The van der Waals surface area contributed by atoms with Gasteiger partial charge in [0.05, 0.1) is 17.6 Å². The average Bonchev–Trinajstić information content (AvgIpc) is 3.23. The van der Waals surface area contributed by atoms with E-state index in [1.54, 1.807) is 0 Å². The van der Waals surface area contributed by atoms with E-state index in [0.29, 0.717) is 5.92 Å². The molecule has 2 aliphatic heterocycles. The molecule has 26 heavy (non-hydrogen) atoms. The second-order valence-electron chi connectivity index (χ2n) is 7.72. The fourth-order valence-corrected chi connectivity index (χ4v) is 4.61. The SMILES string of the molecule is Cc1cccc(CN2C[C@@H]3Cn4c(-c5ccccc5)cnc4C[C@H]3C2)n1. The maximum atomic E-state index is 4.75. The molecular weight excluding hydrogens is 320 g/mol. The summed E-state index contributed by atoms with van der Waals surface area (Å²) in [6, 6.07) is 17.0. The van der Waals surface area contributed by atoms with E-state index in [4.69, 9.17) is 4.98 Å². The minimum atomic E-state index is 0.712. The van der Waals surface area contributed by atoms with Gasteiger partial charge in [0.25, 0.3) is 0 Å². The summed E-state index contributed by atoms with van der Waals surface area (Å²) in [5, 5.41) is 0. The molecule has 5 rings (SSSR count). The second-order valence-corrected chi connectivity index (χ2v) is 7.72. The van der Waals surface area contributed by atoms with Crippen LogP contribution in [-0.2, 0) is 19.5 Å². The van der Waals surface area contributed by atoms with E-state index in [1.165, 1.54) is 22.8 Å². The molecule has 2 atom stereocenters. The van der Waals surface area contributed by atoms with E-state index >= 15 is 0 Å². The Morgan fingerprint density at radius 1 is 0.962 bits per heavy atom. The number of pyridine rings is 1. The Labute approximate surface area is 154 Å². The number of nitrogens with zero attached hydrogens (tertiary/aromatic N) is 4. The van der Waals surface area contributed by atoms with Gasteiger partial charge in [-0.15, -0.1) is 0 Å². The summed E-state index contributed by atoms with van der Waals surface area (Å²) in [4.78, 5) is 12.0. The van der Waals surface area contributed by atoms with Gasteiger partial charge in [0.2, 0.25) is 0 Å². The molecule has 0 bridgehead atoms. The zero-order chi connectivity index (χ0) is 17.5. The van der Waals surface area contributed by atoms with Crippen molar-refractivity contribution < 1.29 is 0 Å². The summed E-state index contributed by atoms with van der Waals surface area (Å²) >= 11 is 0. The van der Waals surface area contributed by atoms with Crippen molar-refractivity contribution in [3.8, 4) is 11.3 Å². The Balaban J connectivity index is 1.34. The van der Waals surface area contributed by atoms with Gasteiger partial charge in [-0.3, -0.25) is 9.88 Å². The van der Waals surface area contributed by atoms with Gasteiger partial charge in [0.1, 0.15) is 5.82 Å². The van der Waals surface area contributed by atoms with Gasteiger partial charge in [0, 0.05) is 38.3 Å². The fourth-order valence-electron chi connectivity index (χ4n) is 4.61. The molecular formula is C22H24N4. The molecule has 1 aromatic carbocycles. The standard InChI is InChI=1S/C22H24N4/c1-16-6-5-9-20(24-16)15-25-12-18-10-22-23-11-21(17-7-3-2-4-8-17)26(22)14-19(18)13-25/h2-9,11,18-19H,10,12-15H2,1H3/t18-,19+/m0/s1. The van der Waals surface area contributed by atoms with Crippen LogP contribution in [0.15, 0.2) is 54.7 Å². The minimum Gasteiger partial charge on any atom is -0.328 e. The van der Waals surface area contributed by atoms with Crippen LogP contribution >= 0.6 is 0 Å². The lowest BCUT2D eigenvalue weighted by Crippen LogP contribution is -2.28. The highest BCUT2D eigenvalue weighted by atomic mass is 15.2. The first kappa shape index (κ1) is 15.8. The van der Waals surface area contributed by atoms with Crippen LogP contribution < -0.4 is 0 Å². The van der Waals surface area contributed by atoms with Gasteiger partial charge in [-0.2, -0.15) is 0 Å². The molecule has 0 spiro atoms. The summed E-state index contributed by atoms with van der Waals surface area (Å²) < 4.78 is 2.45. The summed E-state index contributed by atoms with van der Waals surface area (Å²) in [6.45, 7) is 6.43. The largest absolute Gasteiger partial charge is 0.328 e. The molecule has 2 aliphatic rings. The van der Waals surface area contributed by atoms with Crippen LogP contribution in [0, 0.1) is 18.8 Å². The van der Waals surface area contributed by atoms with Crippen LogP contribution in [0.5, 0.6) is 0 Å². The lowest BCUT2D eigenvalue weighted by molar-refractivity contribution is 0.304. The first-order valence-corrected chi connectivity index (χ1v) is 9.51. The van der Waals surface area contributed by atoms with Gasteiger partial charge < -0.3 is 4.57 Å². The molecule has 0 amide bonds. The van der Waals surface area contributed by atoms with E-state index in [0.717, 1.165) is 44.2 Å². The molecule has 4 heterocycles. The zero-order valence-corrected chi connectivity index (χ0v) is 15.2. The Bertz CT molecular complexity index is 915. The van der Waals surface area contributed by atoms with E-state index in [2.05, 4.69) is 76.1 Å². The predicted octanol–water partition coefficient (Wildman–Crippen LogP) is 3.56. The van der Waals surface area contributed by atoms with Crippen LogP contribution in [0.4, 0.5) is 0 Å². The fraction of sp³-hybridized carbons (Fsp3) is 0.364. The summed E-state index contributed by atoms with van der Waals surface area (Å²) in [6.07, 6.45) is 3.15. The number of likely N-dealkylation sites (tertiary alicyclic amines) is 1. The third-order valence-corrected chi connectivity index (χ3v) is 5.85. The third-order valence-electron chi connectivity index (χ3n) is 5.85. The Morgan fingerprint density at radius 3 is 2.65 bits per heavy atom. The maximum absolute atomic E-state index is 4.75. The average molecular weight is 344 g/mol. The van der Waals surface area contributed by atoms with Crippen LogP contribution in [0.2, 0.25) is 0 Å². The predicted molar refractivity (Wildman–Crippen MR) is 103 cm³/mol. The molecule has 0 aliphatic carbocycles. The van der Waals surface area contributed by atoms with Crippen molar-refractivity contribution in [3.63, 3.8) is 0 Å². The van der Waals surface area contributed by atoms with Crippen LogP contribution in [-0.4, -0.2) is 32.5 Å². The van der Waals surface area contributed by atoms with Crippen LogP contribution in [0.3, 0.4) is 0 Å². The topological polar surface area (TPSA) is 34.0 Å². The first-order valence-electron chi connectivity index (χ1n) is 9.51. The van der Waals surface area contributed by atoms with E-state index in [-0.39, 0.29) is 0 Å². The molecule has 0 saturated carbocycles.